The third kappa shape index (κ3) is 6.53. The summed E-state index contributed by atoms with van der Waals surface area (Å²) in [6, 6.07) is 4.65. The Labute approximate surface area is 177 Å². The zero-order chi connectivity index (χ0) is 21.6. The fraction of sp³-hybridized carbons (Fsp3) is 0.545. The van der Waals surface area contributed by atoms with Crippen LogP contribution in [-0.2, 0) is 10.3 Å². The van der Waals surface area contributed by atoms with Gasteiger partial charge in [-0.05, 0) is 56.7 Å². The molecule has 0 atom stereocenters. The second-order valence-corrected chi connectivity index (χ2v) is 8.39. The van der Waals surface area contributed by atoms with Crippen LogP contribution in [0.5, 0.6) is 5.75 Å². The predicted molar refractivity (Wildman–Crippen MR) is 112 cm³/mol. The quantitative estimate of drug-likeness (QED) is 0.292. The highest BCUT2D eigenvalue weighted by Crippen LogP contribution is 2.31. The molecule has 7 nitrogen and oxygen atoms in total. The van der Waals surface area contributed by atoms with Gasteiger partial charge in [0.05, 0.1) is 12.1 Å². The van der Waals surface area contributed by atoms with Gasteiger partial charge in [-0.25, -0.2) is 14.6 Å². The number of imide groups is 1. The maximum atomic E-state index is 14.0. The number of benzene rings is 1. The summed E-state index contributed by atoms with van der Waals surface area (Å²) in [5.74, 6) is 0.322. The van der Waals surface area contributed by atoms with Crippen LogP contribution in [0.4, 0.5) is 9.18 Å². The number of carbonyl (C=O) groups is 2. The third-order valence-corrected chi connectivity index (χ3v) is 5.30. The van der Waals surface area contributed by atoms with Gasteiger partial charge in [0.25, 0.3) is 0 Å². The van der Waals surface area contributed by atoms with Crippen LogP contribution in [0.15, 0.2) is 30.4 Å². The molecule has 0 radical (unpaired) electrons. The second-order valence-electron chi connectivity index (χ2n) is 8.39. The van der Waals surface area contributed by atoms with E-state index in [1.54, 1.807) is 17.0 Å². The highest BCUT2D eigenvalue weighted by atomic mass is 19.1. The van der Waals surface area contributed by atoms with Crippen molar-refractivity contribution in [1.82, 2.24) is 21.1 Å². The minimum absolute atomic E-state index is 0.221. The highest BCUT2D eigenvalue weighted by Gasteiger charge is 2.25. The van der Waals surface area contributed by atoms with Gasteiger partial charge in [0.2, 0.25) is 5.91 Å². The van der Waals surface area contributed by atoms with Crippen molar-refractivity contribution < 1.29 is 18.7 Å². The van der Waals surface area contributed by atoms with Gasteiger partial charge in [0, 0.05) is 26.1 Å². The average Bonchev–Trinajstić information content (AvgIpc) is 3.52. The standard InChI is InChI=1S/C22H31FN4O3/c1-22(2,17-8-9-18(23)19(14-17)30-15-16-6-7-16)26-24-11-4-3-5-12-27-13-10-20(28)25-21(27)29/h3,5,8-9,14,16,24,26H,4,6-7,10-13,15H2,1-2H3,(H,25,28,29)/b5-3+. The lowest BCUT2D eigenvalue weighted by Gasteiger charge is -2.28. The van der Waals surface area contributed by atoms with E-state index in [2.05, 4.69) is 16.2 Å². The van der Waals surface area contributed by atoms with Crippen molar-refractivity contribution in [2.45, 2.75) is 45.1 Å². The number of hydrazine groups is 1. The molecule has 1 aromatic rings. The van der Waals surface area contributed by atoms with E-state index in [1.807, 2.05) is 26.0 Å². The number of rotatable bonds is 11. The molecule has 3 rings (SSSR count). The number of nitrogens with one attached hydrogen (secondary N) is 3. The molecule has 0 unspecified atom stereocenters. The van der Waals surface area contributed by atoms with E-state index in [0.29, 0.717) is 44.3 Å². The van der Waals surface area contributed by atoms with Crippen LogP contribution in [0.1, 0.15) is 45.1 Å². The van der Waals surface area contributed by atoms with E-state index in [-0.39, 0.29) is 17.8 Å². The van der Waals surface area contributed by atoms with Gasteiger partial charge in [0.15, 0.2) is 11.6 Å². The number of hydrogen-bond acceptors (Lipinski definition) is 5. The number of amides is 3. The van der Waals surface area contributed by atoms with Gasteiger partial charge in [-0.3, -0.25) is 15.5 Å². The summed E-state index contributed by atoms with van der Waals surface area (Å²) in [6.07, 6.45) is 7.36. The number of nitrogens with zero attached hydrogens (tertiary/aromatic N) is 1. The van der Waals surface area contributed by atoms with E-state index >= 15 is 0 Å². The molecule has 1 saturated heterocycles. The van der Waals surface area contributed by atoms with Gasteiger partial charge in [-0.1, -0.05) is 18.2 Å². The van der Waals surface area contributed by atoms with Crippen LogP contribution in [0, 0.1) is 11.7 Å². The van der Waals surface area contributed by atoms with E-state index in [9.17, 15) is 14.0 Å². The first kappa shape index (κ1) is 22.2. The molecule has 0 bridgehead atoms. The SMILES string of the molecule is CC(C)(NNCC/C=C/CN1CCC(=O)NC1=O)c1ccc(F)c(OCC2CC2)c1. The number of urea groups is 1. The first-order valence-electron chi connectivity index (χ1n) is 10.5. The Balaban J connectivity index is 1.38. The lowest BCUT2D eigenvalue weighted by molar-refractivity contribution is -0.121. The molecule has 1 aliphatic carbocycles. The van der Waals surface area contributed by atoms with Crippen molar-refractivity contribution in [1.29, 1.82) is 0 Å². The summed E-state index contributed by atoms with van der Waals surface area (Å²) in [5.41, 5.74) is 7.00. The van der Waals surface area contributed by atoms with Crippen LogP contribution in [-0.4, -0.2) is 43.1 Å². The van der Waals surface area contributed by atoms with Crippen molar-refractivity contribution >= 4 is 11.9 Å². The number of hydrogen-bond donors (Lipinski definition) is 3. The summed E-state index contributed by atoms with van der Waals surface area (Å²) in [6.45, 7) is 6.24. The molecule has 30 heavy (non-hydrogen) atoms. The van der Waals surface area contributed by atoms with Crippen molar-refractivity contribution in [3.05, 3.63) is 41.7 Å². The van der Waals surface area contributed by atoms with Crippen LogP contribution in [0.25, 0.3) is 0 Å². The van der Waals surface area contributed by atoms with Gasteiger partial charge in [0.1, 0.15) is 0 Å². The highest BCUT2D eigenvalue weighted by molar-refractivity contribution is 5.96. The summed E-state index contributed by atoms with van der Waals surface area (Å²) < 4.78 is 19.7. The molecular weight excluding hydrogens is 387 g/mol. The van der Waals surface area contributed by atoms with E-state index < -0.39 is 5.54 Å². The summed E-state index contributed by atoms with van der Waals surface area (Å²) >= 11 is 0. The van der Waals surface area contributed by atoms with Crippen molar-refractivity contribution in [2.75, 3.05) is 26.2 Å². The average molecular weight is 419 g/mol. The minimum atomic E-state index is -0.409. The lowest BCUT2D eigenvalue weighted by Crippen LogP contribution is -2.49. The van der Waals surface area contributed by atoms with Crippen LogP contribution in [0.3, 0.4) is 0 Å². The molecular formula is C22H31FN4O3. The first-order chi connectivity index (χ1) is 14.3. The van der Waals surface area contributed by atoms with Crippen molar-refractivity contribution in [3.8, 4) is 5.75 Å². The van der Waals surface area contributed by atoms with Gasteiger partial charge >= 0.3 is 6.03 Å². The third-order valence-electron chi connectivity index (χ3n) is 5.30. The van der Waals surface area contributed by atoms with Gasteiger partial charge < -0.3 is 9.64 Å². The Morgan fingerprint density at radius 3 is 2.83 bits per heavy atom. The fourth-order valence-electron chi connectivity index (χ4n) is 3.10. The molecule has 0 spiro atoms. The Kier molecular flexibility index (Phi) is 7.44. The molecule has 164 valence electrons. The largest absolute Gasteiger partial charge is 0.490 e. The van der Waals surface area contributed by atoms with Gasteiger partial charge in [-0.2, -0.15) is 0 Å². The Hall–Kier alpha value is -2.45. The zero-order valence-corrected chi connectivity index (χ0v) is 17.7. The van der Waals surface area contributed by atoms with Crippen molar-refractivity contribution in [3.63, 3.8) is 0 Å². The molecule has 0 aromatic heterocycles. The number of halogens is 1. The predicted octanol–water partition coefficient (Wildman–Crippen LogP) is 2.83. The number of ether oxygens (including phenoxy) is 1. The van der Waals surface area contributed by atoms with E-state index in [4.69, 9.17) is 4.74 Å². The molecule has 1 heterocycles. The first-order valence-corrected chi connectivity index (χ1v) is 10.5. The maximum absolute atomic E-state index is 14.0. The summed E-state index contributed by atoms with van der Waals surface area (Å²) in [5, 5.41) is 2.31. The molecule has 3 N–H and O–H groups in total. The normalized spacial score (nSPS) is 17.5. The zero-order valence-electron chi connectivity index (χ0n) is 17.7. The lowest BCUT2D eigenvalue weighted by atomic mass is 9.95. The van der Waals surface area contributed by atoms with E-state index in [0.717, 1.165) is 24.8 Å². The minimum Gasteiger partial charge on any atom is -0.490 e. The number of carbonyl (C=O) groups excluding carboxylic acids is 2. The Bertz CT molecular complexity index is 793. The Morgan fingerprint density at radius 2 is 2.10 bits per heavy atom. The molecule has 3 amide bonds. The smallest absolute Gasteiger partial charge is 0.324 e. The topological polar surface area (TPSA) is 82.7 Å². The van der Waals surface area contributed by atoms with Gasteiger partial charge in [-0.15, -0.1) is 0 Å². The molecule has 1 aliphatic heterocycles. The molecule has 2 fully saturated rings. The summed E-state index contributed by atoms with van der Waals surface area (Å²) in [4.78, 5) is 24.4. The fourth-order valence-corrected chi connectivity index (χ4v) is 3.10. The maximum Gasteiger partial charge on any atom is 0.324 e. The molecule has 8 heteroatoms. The Morgan fingerprint density at radius 1 is 1.30 bits per heavy atom. The van der Waals surface area contributed by atoms with Crippen LogP contribution >= 0.6 is 0 Å². The summed E-state index contributed by atoms with van der Waals surface area (Å²) in [7, 11) is 0. The molecule has 1 saturated carbocycles. The molecule has 1 aromatic carbocycles. The second kappa shape index (κ2) is 10.0. The van der Waals surface area contributed by atoms with E-state index in [1.165, 1.54) is 6.07 Å². The van der Waals surface area contributed by atoms with Crippen LogP contribution < -0.4 is 20.9 Å². The molecule has 2 aliphatic rings. The van der Waals surface area contributed by atoms with Crippen molar-refractivity contribution in [2.24, 2.45) is 5.92 Å². The van der Waals surface area contributed by atoms with Crippen LogP contribution in [0.2, 0.25) is 0 Å². The monoisotopic (exact) mass is 418 g/mol.